The highest BCUT2D eigenvalue weighted by Crippen LogP contribution is 2.31. The van der Waals surface area contributed by atoms with E-state index in [2.05, 4.69) is 0 Å². The smallest absolute Gasteiger partial charge is 0.335 e. The quantitative estimate of drug-likeness (QED) is 0.908. The number of rotatable bonds is 3. The number of carboxylic acid groups (broad SMARTS) is 1. The molecular formula is C14H17NO5S. The van der Waals surface area contributed by atoms with Gasteiger partial charge in [0.05, 0.1) is 17.1 Å². The van der Waals surface area contributed by atoms with Gasteiger partial charge in [-0.1, -0.05) is 0 Å². The summed E-state index contributed by atoms with van der Waals surface area (Å²) in [5, 5.41) is 9.21. The zero-order chi connectivity index (χ0) is 15.0. The maximum atomic E-state index is 12.7. The van der Waals surface area contributed by atoms with Crippen LogP contribution in [0.15, 0.2) is 17.0 Å². The van der Waals surface area contributed by atoms with Gasteiger partial charge in [-0.15, -0.1) is 0 Å². The molecule has 1 fully saturated rings. The van der Waals surface area contributed by atoms with E-state index in [-0.39, 0.29) is 17.2 Å². The molecule has 0 spiro atoms. The summed E-state index contributed by atoms with van der Waals surface area (Å²) < 4.78 is 31.9. The molecule has 0 radical (unpaired) electrons. The third-order valence-corrected chi connectivity index (χ3v) is 5.90. The average molecular weight is 311 g/mol. The Kier molecular flexibility index (Phi) is 3.73. The summed E-state index contributed by atoms with van der Waals surface area (Å²) in [4.78, 5) is 11.4. The highest BCUT2D eigenvalue weighted by Gasteiger charge is 2.32. The molecule has 0 aromatic heterocycles. The molecule has 0 amide bonds. The number of nitrogens with zero attached hydrogens (tertiary/aromatic N) is 1. The van der Waals surface area contributed by atoms with Crippen LogP contribution in [-0.4, -0.2) is 43.7 Å². The van der Waals surface area contributed by atoms with Gasteiger partial charge in [-0.3, -0.25) is 0 Å². The molecule has 1 aromatic carbocycles. The predicted molar refractivity (Wildman–Crippen MR) is 74.8 cm³/mol. The van der Waals surface area contributed by atoms with Crippen molar-refractivity contribution >= 4 is 16.0 Å². The lowest BCUT2D eigenvalue weighted by Gasteiger charge is -2.22. The Hall–Kier alpha value is -1.44. The molecule has 2 aliphatic rings. The van der Waals surface area contributed by atoms with E-state index < -0.39 is 16.0 Å². The SMILES string of the molecule is O=C(O)c1cc2c(c(S(=O)(=O)N3CCOC3)c1)CCCC2. The maximum Gasteiger partial charge on any atom is 0.335 e. The number of hydrogen-bond acceptors (Lipinski definition) is 4. The van der Waals surface area contributed by atoms with Gasteiger partial charge in [-0.25, -0.2) is 13.2 Å². The minimum absolute atomic E-state index is 0.0361. The topological polar surface area (TPSA) is 83.9 Å². The molecule has 1 aliphatic carbocycles. The maximum absolute atomic E-state index is 12.7. The number of benzene rings is 1. The molecule has 6 nitrogen and oxygen atoms in total. The van der Waals surface area contributed by atoms with Crippen LogP contribution in [0.1, 0.15) is 34.3 Å². The van der Waals surface area contributed by atoms with Gasteiger partial charge < -0.3 is 9.84 Å². The van der Waals surface area contributed by atoms with E-state index in [0.717, 1.165) is 30.4 Å². The van der Waals surface area contributed by atoms with E-state index in [1.165, 1.54) is 10.4 Å². The molecule has 3 rings (SSSR count). The van der Waals surface area contributed by atoms with E-state index in [0.29, 0.717) is 19.6 Å². The second-order valence-electron chi connectivity index (χ2n) is 5.34. The first-order chi connectivity index (χ1) is 10.00. The standard InChI is InChI=1S/C14H17NO5S/c16-14(17)11-7-10-3-1-2-4-12(10)13(8-11)21(18,19)15-5-6-20-9-15/h7-8H,1-6,9H2,(H,16,17). The van der Waals surface area contributed by atoms with Gasteiger partial charge in [-0.2, -0.15) is 4.31 Å². The van der Waals surface area contributed by atoms with Crippen LogP contribution in [0.25, 0.3) is 0 Å². The van der Waals surface area contributed by atoms with Crippen molar-refractivity contribution < 1.29 is 23.1 Å². The first-order valence-electron chi connectivity index (χ1n) is 6.97. The third-order valence-electron chi connectivity index (χ3n) is 4.01. The fourth-order valence-corrected chi connectivity index (χ4v) is 4.53. The van der Waals surface area contributed by atoms with Gasteiger partial charge in [0.2, 0.25) is 10.0 Å². The molecule has 114 valence electrons. The minimum Gasteiger partial charge on any atom is -0.478 e. The normalized spacial score (nSPS) is 19.4. The molecule has 1 N–H and O–H groups in total. The van der Waals surface area contributed by atoms with Crippen molar-refractivity contribution in [3.05, 3.63) is 28.8 Å². The van der Waals surface area contributed by atoms with E-state index >= 15 is 0 Å². The van der Waals surface area contributed by atoms with Crippen LogP contribution >= 0.6 is 0 Å². The van der Waals surface area contributed by atoms with Gasteiger partial charge >= 0.3 is 5.97 Å². The molecule has 1 heterocycles. The van der Waals surface area contributed by atoms with Crippen LogP contribution in [-0.2, 0) is 27.6 Å². The lowest BCUT2D eigenvalue weighted by atomic mass is 9.90. The Bertz CT molecular complexity index is 677. The summed E-state index contributed by atoms with van der Waals surface area (Å²) in [5.41, 5.74) is 1.66. The molecule has 1 aromatic rings. The van der Waals surface area contributed by atoms with Gasteiger partial charge in [-0.05, 0) is 48.9 Å². The van der Waals surface area contributed by atoms with Crippen LogP contribution < -0.4 is 0 Å². The molecule has 1 saturated heterocycles. The fraction of sp³-hybridized carbons (Fsp3) is 0.500. The van der Waals surface area contributed by atoms with Gasteiger partial charge in [0.25, 0.3) is 0 Å². The van der Waals surface area contributed by atoms with E-state index in [1.807, 2.05) is 0 Å². The van der Waals surface area contributed by atoms with Crippen molar-refractivity contribution in [2.24, 2.45) is 0 Å². The Morgan fingerprint density at radius 2 is 2.00 bits per heavy atom. The number of carbonyl (C=O) groups is 1. The number of carboxylic acids is 1. The summed E-state index contributed by atoms with van der Waals surface area (Å²) in [6, 6.07) is 2.90. The highest BCUT2D eigenvalue weighted by molar-refractivity contribution is 7.89. The summed E-state index contributed by atoms with van der Waals surface area (Å²) in [7, 11) is -3.69. The lowest BCUT2D eigenvalue weighted by molar-refractivity contribution is 0.0696. The summed E-state index contributed by atoms with van der Waals surface area (Å²) in [5.74, 6) is -1.10. The van der Waals surface area contributed by atoms with Gasteiger partial charge in [0.15, 0.2) is 0 Å². The number of ether oxygens (including phenoxy) is 1. The molecule has 0 saturated carbocycles. The number of fused-ring (bicyclic) bond motifs is 1. The number of sulfonamides is 1. The van der Waals surface area contributed by atoms with Gasteiger partial charge in [0, 0.05) is 6.54 Å². The Balaban J connectivity index is 2.15. The van der Waals surface area contributed by atoms with Crippen LogP contribution in [0, 0.1) is 0 Å². The predicted octanol–water partition coefficient (Wildman–Crippen LogP) is 1.24. The molecule has 0 unspecified atom stereocenters. The molecule has 21 heavy (non-hydrogen) atoms. The first kappa shape index (κ1) is 14.5. The summed E-state index contributed by atoms with van der Waals surface area (Å²) in [6.45, 7) is 0.725. The second kappa shape index (κ2) is 5.40. The average Bonchev–Trinajstić information content (AvgIpc) is 3.00. The van der Waals surface area contributed by atoms with Crippen molar-refractivity contribution in [2.75, 3.05) is 19.9 Å². The van der Waals surface area contributed by atoms with Gasteiger partial charge in [0.1, 0.15) is 6.73 Å². The Morgan fingerprint density at radius 3 is 2.67 bits per heavy atom. The Morgan fingerprint density at radius 1 is 1.24 bits per heavy atom. The van der Waals surface area contributed by atoms with E-state index in [1.54, 1.807) is 6.07 Å². The van der Waals surface area contributed by atoms with E-state index in [9.17, 15) is 18.3 Å². The molecule has 0 bridgehead atoms. The first-order valence-corrected chi connectivity index (χ1v) is 8.41. The molecule has 0 atom stereocenters. The zero-order valence-corrected chi connectivity index (χ0v) is 12.4. The highest BCUT2D eigenvalue weighted by atomic mass is 32.2. The second-order valence-corrected chi connectivity index (χ2v) is 7.25. The number of hydrogen-bond donors (Lipinski definition) is 1. The van der Waals surface area contributed by atoms with Crippen LogP contribution in [0.4, 0.5) is 0 Å². The number of aryl methyl sites for hydroxylation is 1. The van der Waals surface area contributed by atoms with Crippen molar-refractivity contribution in [3.8, 4) is 0 Å². The molecular weight excluding hydrogens is 294 g/mol. The summed E-state index contributed by atoms with van der Waals surface area (Å²) >= 11 is 0. The van der Waals surface area contributed by atoms with Crippen LogP contribution in [0.3, 0.4) is 0 Å². The minimum atomic E-state index is -3.69. The largest absolute Gasteiger partial charge is 0.478 e. The Labute approximate surface area is 123 Å². The monoisotopic (exact) mass is 311 g/mol. The molecule has 1 aliphatic heterocycles. The van der Waals surface area contributed by atoms with Crippen LogP contribution in [0.2, 0.25) is 0 Å². The van der Waals surface area contributed by atoms with Crippen molar-refractivity contribution in [3.63, 3.8) is 0 Å². The lowest BCUT2D eigenvalue weighted by Crippen LogP contribution is -2.30. The molecule has 7 heteroatoms. The van der Waals surface area contributed by atoms with E-state index in [4.69, 9.17) is 4.74 Å². The number of aromatic carboxylic acids is 1. The van der Waals surface area contributed by atoms with Crippen molar-refractivity contribution in [1.29, 1.82) is 0 Å². The van der Waals surface area contributed by atoms with Crippen LogP contribution in [0.5, 0.6) is 0 Å². The zero-order valence-electron chi connectivity index (χ0n) is 11.5. The fourth-order valence-electron chi connectivity index (χ4n) is 2.91. The summed E-state index contributed by atoms with van der Waals surface area (Å²) in [6.07, 6.45) is 3.30. The van der Waals surface area contributed by atoms with Crippen molar-refractivity contribution in [2.45, 2.75) is 30.6 Å². The third kappa shape index (κ3) is 2.56. The van der Waals surface area contributed by atoms with Crippen molar-refractivity contribution in [1.82, 2.24) is 4.31 Å².